The van der Waals surface area contributed by atoms with Crippen molar-refractivity contribution in [1.82, 2.24) is 9.78 Å². The first-order valence-electron chi connectivity index (χ1n) is 9.96. The van der Waals surface area contributed by atoms with Crippen molar-refractivity contribution in [3.8, 4) is 34.2 Å². The molecule has 0 aliphatic heterocycles. The Morgan fingerprint density at radius 1 is 0.844 bits per heavy atom. The summed E-state index contributed by atoms with van der Waals surface area (Å²) in [6.45, 7) is 0. The van der Waals surface area contributed by atoms with Crippen molar-refractivity contribution in [2.75, 3.05) is 26.6 Å². The van der Waals surface area contributed by atoms with Gasteiger partial charge in [-0.05, 0) is 48.5 Å². The summed E-state index contributed by atoms with van der Waals surface area (Å²) in [5.74, 6) is 1.56. The van der Waals surface area contributed by atoms with Crippen molar-refractivity contribution in [2.24, 2.45) is 0 Å². The number of hydrogen-bond donors (Lipinski definition) is 1. The van der Waals surface area contributed by atoms with Crippen molar-refractivity contribution in [3.05, 3.63) is 84.6 Å². The highest BCUT2D eigenvalue weighted by atomic mass is 16.5. The highest BCUT2D eigenvalue weighted by molar-refractivity contribution is 6.08. The molecule has 0 radical (unpaired) electrons. The minimum Gasteiger partial charge on any atom is -0.497 e. The van der Waals surface area contributed by atoms with E-state index >= 15 is 0 Å². The SMILES string of the molecule is COc1ccc(-c2nn(-c3ccccc3)cc2C(=O)Nc2ccc(OC)cc2OC)cc1. The molecule has 0 aliphatic rings. The van der Waals surface area contributed by atoms with Crippen LogP contribution < -0.4 is 19.5 Å². The van der Waals surface area contributed by atoms with E-state index in [4.69, 9.17) is 19.3 Å². The van der Waals surface area contributed by atoms with Crippen LogP contribution in [0.5, 0.6) is 17.2 Å². The van der Waals surface area contributed by atoms with Gasteiger partial charge in [0.05, 0.1) is 38.3 Å². The van der Waals surface area contributed by atoms with Crippen molar-refractivity contribution < 1.29 is 19.0 Å². The summed E-state index contributed by atoms with van der Waals surface area (Å²) in [6, 6.07) is 22.3. The Morgan fingerprint density at radius 2 is 1.53 bits per heavy atom. The van der Waals surface area contributed by atoms with E-state index in [2.05, 4.69) is 5.32 Å². The second-order valence-corrected chi connectivity index (χ2v) is 6.92. The number of methoxy groups -OCH3 is 3. The second-order valence-electron chi connectivity index (χ2n) is 6.92. The molecule has 0 aliphatic carbocycles. The molecule has 32 heavy (non-hydrogen) atoms. The van der Waals surface area contributed by atoms with Gasteiger partial charge in [-0.25, -0.2) is 4.68 Å². The molecule has 0 bridgehead atoms. The third-order valence-corrected chi connectivity index (χ3v) is 5.00. The number of anilines is 1. The van der Waals surface area contributed by atoms with Crippen LogP contribution in [0.25, 0.3) is 16.9 Å². The van der Waals surface area contributed by atoms with Crippen LogP contribution >= 0.6 is 0 Å². The van der Waals surface area contributed by atoms with E-state index in [9.17, 15) is 4.79 Å². The lowest BCUT2D eigenvalue weighted by Gasteiger charge is -2.11. The van der Waals surface area contributed by atoms with Gasteiger partial charge in [0.1, 0.15) is 22.9 Å². The van der Waals surface area contributed by atoms with Crippen LogP contribution in [0.15, 0.2) is 79.0 Å². The Morgan fingerprint density at radius 3 is 2.19 bits per heavy atom. The Balaban J connectivity index is 1.74. The van der Waals surface area contributed by atoms with E-state index in [0.29, 0.717) is 28.4 Å². The topological polar surface area (TPSA) is 74.6 Å². The fourth-order valence-corrected chi connectivity index (χ4v) is 3.31. The molecule has 1 N–H and O–H groups in total. The number of amides is 1. The van der Waals surface area contributed by atoms with Gasteiger partial charge >= 0.3 is 0 Å². The molecular formula is C25H23N3O4. The molecule has 1 amide bonds. The Bertz CT molecular complexity index is 1220. The summed E-state index contributed by atoms with van der Waals surface area (Å²) in [6.07, 6.45) is 1.72. The van der Waals surface area contributed by atoms with Gasteiger partial charge in [0.25, 0.3) is 5.91 Å². The monoisotopic (exact) mass is 429 g/mol. The number of nitrogens with one attached hydrogen (secondary N) is 1. The van der Waals surface area contributed by atoms with E-state index in [-0.39, 0.29) is 5.91 Å². The van der Waals surface area contributed by atoms with Crippen LogP contribution in [0.2, 0.25) is 0 Å². The lowest BCUT2D eigenvalue weighted by Crippen LogP contribution is -2.13. The zero-order valence-corrected chi connectivity index (χ0v) is 18.0. The third-order valence-electron chi connectivity index (χ3n) is 5.00. The molecule has 0 saturated carbocycles. The fraction of sp³-hybridized carbons (Fsp3) is 0.120. The molecule has 0 saturated heterocycles. The van der Waals surface area contributed by atoms with Crippen LogP contribution in [0.1, 0.15) is 10.4 Å². The average molecular weight is 429 g/mol. The van der Waals surface area contributed by atoms with Crippen LogP contribution in [-0.4, -0.2) is 37.0 Å². The Hall–Kier alpha value is -4.26. The highest BCUT2D eigenvalue weighted by Crippen LogP contribution is 2.31. The molecule has 7 heteroatoms. The van der Waals surface area contributed by atoms with Crippen molar-refractivity contribution in [3.63, 3.8) is 0 Å². The molecule has 4 aromatic rings. The van der Waals surface area contributed by atoms with Gasteiger partial charge in [-0.15, -0.1) is 0 Å². The van der Waals surface area contributed by atoms with Crippen molar-refractivity contribution >= 4 is 11.6 Å². The molecule has 0 spiro atoms. The maximum Gasteiger partial charge on any atom is 0.259 e. The van der Waals surface area contributed by atoms with E-state index in [1.165, 1.54) is 0 Å². The molecule has 1 heterocycles. The third kappa shape index (κ3) is 4.27. The van der Waals surface area contributed by atoms with Crippen LogP contribution in [0.4, 0.5) is 5.69 Å². The maximum absolute atomic E-state index is 13.3. The zero-order valence-electron chi connectivity index (χ0n) is 18.0. The van der Waals surface area contributed by atoms with E-state index in [1.54, 1.807) is 50.4 Å². The number of ether oxygens (including phenoxy) is 3. The fourth-order valence-electron chi connectivity index (χ4n) is 3.31. The van der Waals surface area contributed by atoms with Crippen molar-refractivity contribution in [1.29, 1.82) is 0 Å². The molecule has 162 valence electrons. The number of benzene rings is 3. The number of rotatable bonds is 7. The molecule has 1 aromatic heterocycles. The highest BCUT2D eigenvalue weighted by Gasteiger charge is 2.20. The molecule has 4 rings (SSSR count). The number of carbonyl (C=O) groups excluding carboxylic acids is 1. The summed E-state index contributed by atoms with van der Waals surface area (Å²) >= 11 is 0. The maximum atomic E-state index is 13.3. The van der Waals surface area contributed by atoms with Gasteiger partial charge in [0.15, 0.2) is 0 Å². The van der Waals surface area contributed by atoms with Crippen LogP contribution in [-0.2, 0) is 0 Å². The van der Waals surface area contributed by atoms with Gasteiger partial charge in [0.2, 0.25) is 0 Å². The number of para-hydroxylation sites is 1. The smallest absolute Gasteiger partial charge is 0.259 e. The van der Waals surface area contributed by atoms with E-state index in [0.717, 1.165) is 17.0 Å². The molecule has 3 aromatic carbocycles. The summed E-state index contributed by atoms with van der Waals surface area (Å²) in [5, 5.41) is 7.63. The van der Waals surface area contributed by atoms with Gasteiger partial charge in [0, 0.05) is 17.8 Å². The largest absolute Gasteiger partial charge is 0.497 e. The first-order valence-corrected chi connectivity index (χ1v) is 9.96. The first-order chi connectivity index (χ1) is 15.6. The predicted molar refractivity (Wildman–Crippen MR) is 123 cm³/mol. The van der Waals surface area contributed by atoms with Gasteiger partial charge in [-0.3, -0.25) is 4.79 Å². The van der Waals surface area contributed by atoms with E-state index in [1.807, 2.05) is 54.6 Å². The quantitative estimate of drug-likeness (QED) is 0.456. The minimum absolute atomic E-state index is 0.304. The Labute approximate surface area is 186 Å². The normalized spacial score (nSPS) is 10.5. The number of hydrogen-bond acceptors (Lipinski definition) is 5. The number of aromatic nitrogens is 2. The lowest BCUT2D eigenvalue weighted by atomic mass is 10.1. The summed E-state index contributed by atoms with van der Waals surface area (Å²) in [7, 11) is 4.73. The molecule has 0 atom stereocenters. The van der Waals surface area contributed by atoms with Gasteiger partial charge < -0.3 is 19.5 Å². The summed E-state index contributed by atoms with van der Waals surface area (Å²) in [5.41, 5.74) is 3.17. The number of nitrogens with zero attached hydrogens (tertiary/aromatic N) is 2. The molecule has 7 nitrogen and oxygen atoms in total. The van der Waals surface area contributed by atoms with Crippen molar-refractivity contribution in [2.45, 2.75) is 0 Å². The zero-order chi connectivity index (χ0) is 22.5. The van der Waals surface area contributed by atoms with Gasteiger partial charge in [-0.2, -0.15) is 5.10 Å². The van der Waals surface area contributed by atoms with Gasteiger partial charge in [-0.1, -0.05) is 18.2 Å². The standard InChI is InChI=1S/C25H23N3O4/c1-30-19-11-9-17(10-12-19)24-21(16-28(27-24)18-7-5-4-6-8-18)25(29)26-22-14-13-20(31-2)15-23(22)32-3/h4-16H,1-3H3,(H,26,29). The average Bonchev–Trinajstić information content (AvgIpc) is 3.30. The molecular weight excluding hydrogens is 406 g/mol. The minimum atomic E-state index is -0.304. The number of carbonyl (C=O) groups is 1. The Kier molecular flexibility index (Phi) is 6.07. The first kappa shape index (κ1) is 21.0. The van der Waals surface area contributed by atoms with Crippen LogP contribution in [0.3, 0.4) is 0 Å². The summed E-state index contributed by atoms with van der Waals surface area (Å²) < 4.78 is 17.6. The van der Waals surface area contributed by atoms with E-state index < -0.39 is 0 Å². The molecule has 0 fully saturated rings. The molecule has 0 unspecified atom stereocenters. The summed E-state index contributed by atoms with van der Waals surface area (Å²) in [4.78, 5) is 13.3. The lowest BCUT2D eigenvalue weighted by molar-refractivity contribution is 0.102. The van der Waals surface area contributed by atoms with Crippen LogP contribution in [0, 0.1) is 0 Å². The predicted octanol–water partition coefficient (Wildman–Crippen LogP) is 4.82. The second kappa shape index (κ2) is 9.26.